The summed E-state index contributed by atoms with van der Waals surface area (Å²) in [4.78, 5) is 25.5. The second-order valence-electron chi connectivity index (χ2n) is 15.4. The first-order valence-electron chi connectivity index (χ1n) is 20.2. The number of benzene rings is 1. The van der Waals surface area contributed by atoms with E-state index in [-0.39, 0.29) is 35.8 Å². The summed E-state index contributed by atoms with van der Waals surface area (Å²) in [5.41, 5.74) is 0.138. The predicted molar refractivity (Wildman–Crippen MR) is 207 cm³/mol. The molecule has 58 heavy (non-hydrogen) atoms. The summed E-state index contributed by atoms with van der Waals surface area (Å²) in [6.07, 6.45) is -0.622. The zero-order chi connectivity index (χ0) is 42.6. The molecule has 13 atom stereocenters. The van der Waals surface area contributed by atoms with E-state index in [4.69, 9.17) is 28.4 Å². The van der Waals surface area contributed by atoms with E-state index in [1.54, 1.807) is 12.2 Å². The molecular formula is C42H62O16. The van der Waals surface area contributed by atoms with Gasteiger partial charge in [-0.1, -0.05) is 70.9 Å². The maximum atomic E-state index is 13.3. The van der Waals surface area contributed by atoms with Gasteiger partial charge >= 0.3 is 11.9 Å². The third-order valence-corrected chi connectivity index (χ3v) is 10.9. The number of fused-ring (bicyclic) bond motifs is 2. The predicted octanol–water partition coefficient (Wildman–Crippen LogP) is 2.64. The first-order valence-corrected chi connectivity index (χ1v) is 20.2. The van der Waals surface area contributed by atoms with Crippen LogP contribution in [0.4, 0.5) is 0 Å². The summed E-state index contributed by atoms with van der Waals surface area (Å²) in [5, 5.41) is 86.3. The fourth-order valence-electron chi connectivity index (χ4n) is 7.12. The van der Waals surface area contributed by atoms with Gasteiger partial charge in [-0.15, -0.1) is 0 Å². The number of aliphatic hydroxyl groups excluding tert-OH is 6. The number of esters is 2. The monoisotopic (exact) mass is 822 g/mol. The summed E-state index contributed by atoms with van der Waals surface area (Å²) in [6.45, 7) is 6.55. The van der Waals surface area contributed by atoms with Crippen molar-refractivity contribution in [1.82, 2.24) is 0 Å². The summed E-state index contributed by atoms with van der Waals surface area (Å²) >= 11 is 0. The van der Waals surface area contributed by atoms with Gasteiger partial charge in [0.25, 0.3) is 0 Å². The van der Waals surface area contributed by atoms with E-state index in [0.717, 1.165) is 44.2 Å². The smallest absolute Gasteiger partial charge is 0.331 e. The molecule has 0 radical (unpaired) electrons. The molecule has 0 amide bonds. The van der Waals surface area contributed by atoms with Crippen LogP contribution in [0.1, 0.15) is 90.2 Å². The number of allylic oxidation sites excluding steroid dienone is 4. The molecule has 0 aliphatic carbocycles. The molecule has 3 aliphatic rings. The van der Waals surface area contributed by atoms with Gasteiger partial charge in [0.2, 0.25) is 5.79 Å². The Kier molecular flexibility index (Phi) is 18.1. The zero-order valence-electron chi connectivity index (χ0n) is 33.7. The van der Waals surface area contributed by atoms with Crippen LogP contribution in [0.25, 0.3) is 0 Å². The summed E-state index contributed by atoms with van der Waals surface area (Å²) in [5.74, 6) is -4.05. The number of aromatic hydroxyl groups is 2. The standard InChI is InChI=1S/C42H62O16/c1-5-7-17-32(47)53-23-31-35(49)36(50)37(51)41(55-31)57-38-30(21-43)58-42(34-26(22-54-42)19-27(44)20-29(34)46)40(52)39(38)56-33(48)18-13-9-12-16-28(45)25(4)15-11-8-10-14-24(3)6-2/h9-10,12-14,18-20,24-25,28,30-31,35-41,43-46,49-52H,5-8,11,15-17,21-23H2,1-4H3/t24-,25-,28+,30-,31-,35+,36+,37-,38-,39+,40-,41+,42+/m1/s1. The number of hydrogen-bond donors (Lipinski definition) is 8. The van der Waals surface area contributed by atoms with Crippen LogP contribution >= 0.6 is 0 Å². The average molecular weight is 823 g/mol. The van der Waals surface area contributed by atoms with Crippen LogP contribution in [0, 0.1) is 11.8 Å². The Labute approximate surface area is 339 Å². The highest BCUT2D eigenvalue weighted by molar-refractivity contribution is 5.82. The van der Waals surface area contributed by atoms with E-state index < -0.39 is 97.9 Å². The third kappa shape index (κ3) is 11.9. The minimum atomic E-state index is -2.25. The van der Waals surface area contributed by atoms with Crippen LogP contribution in [-0.4, -0.2) is 127 Å². The summed E-state index contributed by atoms with van der Waals surface area (Å²) < 4.78 is 34.6. The van der Waals surface area contributed by atoms with Crippen LogP contribution < -0.4 is 0 Å². The molecule has 1 aromatic rings. The Hall–Kier alpha value is -3.42. The van der Waals surface area contributed by atoms with Crippen molar-refractivity contribution >= 4 is 11.9 Å². The van der Waals surface area contributed by atoms with E-state index in [1.807, 2.05) is 13.8 Å². The lowest BCUT2D eigenvalue weighted by atomic mass is 9.86. The van der Waals surface area contributed by atoms with Crippen LogP contribution in [0.3, 0.4) is 0 Å². The molecule has 16 heteroatoms. The normalized spacial score (nSPS) is 31.5. The molecule has 3 aliphatic heterocycles. The minimum Gasteiger partial charge on any atom is -0.508 e. The molecule has 4 rings (SSSR count). The van der Waals surface area contributed by atoms with E-state index in [1.165, 1.54) is 12.1 Å². The Morgan fingerprint density at radius 2 is 1.74 bits per heavy atom. The maximum Gasteiger partial charge on any atom is 0.331 e. The highest BCUT2D eigenvalue weighted by Crippen LogP contribution is 2.51. The van der Waals surface area contributed by atoms with E-state index >= 15 is 0 Å². The van der Waals surface area contributed by atoms with Crippen LogP contribution in [0.15, 0.2) is 48.6 Å². The molecule has 0 aromatic heterocycles. The van der Waals surface area contributed by atoms with Gasteiger partial charge in [-0.3, -0.25) is 4.79 Å². The van der Waals surface area contributed by atoms with Crippen molar-refractivity contribution in [3.63, 3.8) is 0 Å². The van der Waals surface area contributed by atoms with Crippen molar-refractivity contribution in [3.8, 4) is 11.5 Å². The van der Waals surface area contributed by atoms with Crippen molar-refractivity contribution in [3.05, 3.63) is 59.7 Å². The third-order valence-electron chi connectivity index (χ3n) is 10.9. The molecule has 2 saturated heterocycles. The average Bonchev–Trinajstić information content (AvgIpc) is 3.57. The number of phenolic OH excluding ortho intramolecular Hbond substituents is 2. The number of aliphatic hydroxyl groups is 6. The van der Waals surface area contributed by atoms with Gasteiger partial charge < -0.3 is 69.3 Å². The zero-order valence-corrected chi connectivity index (χ0v) is 33.7. The lowest BCUT2D eigenvalue weighted by Crippen LogP contribution is -2.67. The number of rotatable bonds is 20. The van der Waals surface area contributed by atoms with E-state index in [9.17, 15) is 50.4 Å². The molecule has 0 unspecified atom stereocenters. The molecule has 2 fully saturated rings. The Morgan fingerprint density at radius 1 is 0.983 bits per heavy atom. The number of carbonyl (C=O) groups is 2. The van der Waals surface area contributed by atoms with Gasteiger partial charge in [0.15, 0.2) is 18.5 Å². The second-order valence-corrected chi connectivity index (χ2v) is 15.4. The largest absolute Gasteiger partial charge is 0.508 e. The van der Waals surface area contributed by atoms with Crippen LogP contribution in [-0.2, 0) is 50.4 Å². The number of hydrogen-bond acceptors (Lipinski definition) is 16. The molecule has 1 aromatic carbocycles. The maximum absolute atomic E-state index is 13.3. The summed E-state index contributed by atoms with van der Waals surface area (Å²) in [7, 11) is 0. The van der Waals surface area contributed by atoms with Gasteiger partial charge in [-0.2, -0.15) is 0 Å². The first-order chi connectivity index (χ1) is 27.7. The van der Waals surface area contributed by atoms with E-state index in [0.29, 0.717) is 18.8 Å². The van der Waals surface area contributed by atoms with Crippen molar-refractivity contribution in [2.75, 3.05) is 13.2 Å². The molecule has 1 spiro atoms. The summed E-state index contributed by atoms with van der Waals surface area (Å²) in [6, 6.07) is 2.28. The van der Waals surface area contributed by atoms with Gasteiger partial charge in [0, 0.05) is 18.6 Å². The SMILES string of the molecule is CCCCC(=O)OC[C@H]1O[C@@H](O[C@H]2[C@H](OC(=O)C=CC=CC[C@H](O)[C@H](C)CCCC=C[C@H](C)CC)[C@@H](O)[C@@]3(OCc4cc(O)cc(O)c43)O[C@@H]2CO)[C@H](O)[C@@H](O)[C@H]1O. The molecular weight excluding hydrogens is 760 g/mol. The molecule has 0 bridgehead atoms. The highest BCUT2D eigenvalue weighted by Gasteiger charge is 2.63. The molecule has 326 valence electrons. The molecule has 16 nitrogen and oxygen atoms in total. The highest BCUT2D eigenvalue weighted by atomic mass is 16.8. The van der Waals surface area contributed by atoms with Crippen LogP contribution in [0.2, 0.25) is 0 Å². The first kappa shape index (κ1) is 47.3. The number of ether oxygens (including phenoxy) is 6. The number of phenols is 2. The van der Waals surface area contributed by atoms with Gasteiger partial charge in [-0.25, -0.2) is 4.79 Å². The van der Waals surface area contributed by atoms with Crippen molar-refractivity contribution in [1.29, 1.82) is 0 Å². The Morgan fingerprint density at radius 3 is 2.45 bits per heavy atom. The number of unbranched alkanes of at least 4 members (excludes halogenated alkanes) is 2. The van der Waals surface area contributed by atoms with Gasteiger partial charge in [-0.05, 0) is 55.6 Å². The Bertz CT molecular complexity index is 1560. The second kappa shape index (κ2) is 22.3. The van der Waals surface area contributed by atoms with Crippen LogP contribution in [0.5, 0.6) is 11.5 Å². The molecule has 8 N–H and O–H groups in total. The molecule has 3 heterocycles. The minimum absolute atomic E-state index is 0.0489. The van der Waals surface area contributed by atoms with Gasteiger partial charge in [0.1, 0.15) is 54.7 Å². The van der Waals surface area contributed by atoms with Gasteiger partial charge in [0.05, 0.1) is 24.9 Å². The topological polar surface area (TPSA) is 251 Å². The van der Waals surface area contributed by atoms with Crippen molar-refractivity contribution < 1.29 is 78.9 Å². The lowest BCUT2D eigenvalue weighted by Gasteiger charge is -2.50. The molecule has 0 saturated carbocycles. The lowest BCUT2D eigenvalue weighted by molar-refractivity contribution is -0.395. The fraction of sp³-hybridized carbons (Fsp3) is 0.667. The quantitative estimate of drug-likeness (QED) is 0.0310. The van der Waals surface area contributed by atoms with Crippen molar-refractivity contribution in [2.45, 2.75) is 153 Å². The number of carbonyl (C=O) groups excluding carboxylic acids is 2. The van der Waals surface area contributed by atoms with E-state index in [2.05, 4.69) is 26.0 Å². The Balaban J connectivity index is 1.51. The fourth-order valence-corrected chi connectivity index (χ4v) is 7.12. The van der Waals surface area contributed by atoms with Crippen molar-refractivity contribution in [2.24, 2.45) is 11.8 Å².